The van der Waals surface area contributed by atoms with Crippen LogP contribution in [0, 0.1) is 5.92 Å². The van der Waals surface area contributed by atoms with E-state index in [1.54, 1.807) is 12.3 Å². The molecule has 4 N–H and O–H groups in total. The molecule has 0 amide bonds. The molecule has 3 rings (SSSR count). The number of hydrogen-bond donors (Lipinski definition) is 3. The van der Waals surface area contributed by atoms with Crippen LogP contribution < -0.4 is 16.2 Å². The second-order valence-electron chi connectivity index (χ2n) is 5.61. The van der Waals surface area contributed by atoms with E-state index in [1.165, 1.54) is 6.07 Å². The van der Waals surface area contributed by atoms with Gasteiger partial charge in [-0.25, -0.2) is 0 Å². The second-order valence-corrected chi connectivity index (χ2v) is 5.61. The minimum Gasteiger partial charge on any atom is -0.340 e. The number of hydrogen-bond acceptors (Lipinski definition) is 5. The van der Waals surface area contributed by atoms with Crippen molar-refractivity contribution in [3.63, 3.8) is 0 Å². The maximum atomic E-state index is 11.1. The molecule has 0 saturated carbocycles. The molecular formula is C14H20N6O. The van der Waals surface area contributed by atoms with E-state index >= 15 is 0 Å². The summed E-state index contributed by atoms with van der Waals surface area (Å²) in [7, 11) is 0. The fraction of sp³-hybridized carbons (Fsp3) is 0.500. The van der Waals surface area contributed by atoms with Crippen LogP contribution >= 0.6 is 0 Å². The van der Waals surface area contributed by atoms with Crippen LogP contribution in [0.2, 0.25) is 0 Å². The van der Waals surface area contributed by atoms with Gasteiger partial charge in [0.25, 0.3) is 0 Å². The van der Waals surface area contributed by atoms with Crippen LogP contribution in [0.4, 0.5) is 5.95 Å². The van der Waals surface area contributed by atoms with Crippen LogP contribution in [0.25, 0.3) is 11.4 Å². The number of pyridine rings is 1. The molecule has 21 heavy (non-hydrogen) atoms. The van der Waals surface area contributed by atoms with E-state index < -0.39 is 0 Å². The van der Waals surface area contributed by atoms with Gasteiger partial charge >= 0.3 is 0 Å². The maximum absolute atomic E-state index is 11.1. The number of rotatable bonds is 3. The molecule has 1 aliphatic heterocycles. The fourth-order valence-corrected chi connectivity index (χ4v) is 2.71. The molecular weight excluding hydrogens is 268 g/mol. The minimum atomic E-state index is -0.128. The van der Waals surface area contributed by atoms with Crippen LogP contribution in [0.15, 0.2) is 23.1 Å². The highest BCUT2D eigenvalue weighted by atomic mass is 16.1. The molecule has 1 aliphatic rings. The topological polar surface area (TPSA) is 104 Å². The molecule has 1 atom stereocenters. The van der Waals surface area contributed by atoms with E-state index in [9.17, 15) is 4.79 Å². The Kier molecular flexibility index (Phi) is 3.74. The predicted octanol–water partition coefficient (Wildman–Crippen LogP) is 0.724. The molecule has 112 valence electrons. The zero-order chi connectivity index (χ0) is 14.8. The Bertz CT molecular complexity index is 633. The van der Waals surface area contributed by atoms with E-state index in [1.807, 2.05) is 0 Å². The number of aromatic amines is 2. The first kappa shape index (κ1) is 13.8. The number of piperidine rings is 1. The van der Waals surface area contributed by atoms with Gasteiger partial charge in [-0.15, -0.1) is 5.10 Å². The number of nitrogens with zero attached hydrogens (tertiary/aromatic N) is 3. The Morgan fingerprint density at radius 2 is 2.14 bits per heavy atom. The lowest BCUT2D eigenvalue weighted by molar-refractivity contribution is 0.352. The van der Waals surface area contributed by atoms with Gasteiger partial charge in [-0.3, -0.25) is 9.89 Å². The lowest BCUT2D eigenvalue weighted by Gasteiger charge is -2.32. The third-order valence-electron chi connectivity index (χ3n) is 4.10. The third-order valence-corrected chi connectivity index (χ3v) is 4.10. The normalized spacial score (nSPS) is 17.9. The Balaban J connectivity index is 1.71. The Hall–Kier alpha value is -2.15. The summed E-state index contributed by atoms with van der Waals surface area (Å²) in [5, 5.41) is 7.20. The molecule has 0 spiro atoms. The van der Waals surface area contributed by atoms with E-state index in [4.69, 9.17) is 5.73 Å². The molecule has 2 aromatic heterocycles. The van der Waals surface area contributed by atoms with Crippen molar-refractivity contribution in [2.24, 2.45) is 11.7 Å². The lowest BCUT2D eigenvalue weighted by Crippen LogP contribution is -2.40. The minimum absolute atomic E-state index is 0.128. The molecule has 1 saturated heterocycles. The van der Waals surface area contributed by atoms with Crippen molar-refractivity contribution in [1.82, 2.24) is 20.2 Å². The fourth-order valence-electron chi connectivity index (χ4n) is 2.71. The molecule has 1 unspecified atom stereocenters. The van der Waals surface area contributed by atoms with Gasteiger partial charge in [0, 0.05) is 37.0 Å². The van der Waals surface area contributed by atoms with Crippen LogP contribution in [-0.2, 0) is 0 Å². The monoisotopic (exact) mass is 288 g/mol. The average molecular weight is 288 g/mol. The quantitative estimate of drug-likeness (QED) is 0.772. The molecule has 2 aromatic rings. The van der Waals surface area contributed by atoms with E-state index in [0.29, 0.717) is 17.7 Å². The van der Waals surface area contributed by atoms with Crippen molar-refractivity contribution >= 4 is 5.95 Å². The highest BCUT2D eigenvalue weighted by Gasteiger charge is 2.24. The van der Waals surface area contributed by atoms with Gasteiger partial charge in [-0.1, -0.05) is 0 Å². The van der Waals surface area contributed by atoms with Gasteiger partial charge in [-0.05, 0) is 31.7 Å². The van der Waals surface area contributed by atoms with Crippen LogP contribution in [-0.4, -0.2) is 39.3 Å². The molecule has 0 aliphatic carbocycles. The molecule has 1 fully saturated rings. The first-order valence-corrected chi connectivity index (χ1v) is 7.25. The predicted molar refractivity (Wildman–Crippen MR) is 81.0 cm³/mol. The van der Waals surface area contributed by atoms with Crippen LogP contribution in [0.1, 0.15) is 19.8 Å². The second kappa shape index (κ2) is 5.69. The van der Waals surface area contributed by atoms with Gasteiger partial charge in [0.15, 0.2) is 5.82 Å². The van der Waals surface area contributed by atoms with E-state index in [2.05, 4.69) is 32.0 Å². The number of H-pyrrole nitrogens is 2. The SMILES string of the molecule is CC(N)C1CCN(c2n[nH]c(-c3ccc(=O)[nH]c3)n2)CC1. The molecule has 0 aromatic carbocycles. The average Bonchev–Trinajstić information content (AvgIpc) is 2.98. The smallest absolute Gasteiger partial charge is 0.247 e. The zero-order valence-electron chi connectivity index (χ0n) is 12.0. The highest BCUT2D eigenvalue weighted by Crippen LogP contribution is 2.23. The summed E-state index contributed by atoms with van der Waals surface area (Å²) < 4.78 is 0. The lowest BCUT2D eigenvalue weighted by atomic mass is 9.91. The Morgan fingerprint density at radius 3 is 2.76 bits per heavy atom. The summed E-state index contributed by atoms with van der Waals surface area (Å²) in [6.07, 6.45) is 3.77. The molecule has 3 heterocycles. The summed E-state index contributed by atoms with van der Waals surface area (Å²) in [5.74, 6) is 1.95. The molecule has 0 bridgehead atoms. The van der Waals surface area contributed by atoms with Crippen molar-refractivity contribution in [1.29, 1.82) is 0 Å². The third kappa shape index (κ3) is 2.97. The van der Waals surface area contributed by atoms with Gasteiger partial charge in [0.05, 0.1) is 0 Å². The summed E-state index contributed by atoms with van der Waals surface area (Å²) in [6, 6.07) is 3.45. The standard InChI is InChI=1S/C14H20N6O/c1-9(15)10-4-6-20(7-5-10)14-17-13(18-19-14)11-2-3-12(21)16-8-11/h2-3,8-10H,4-7,15H2,1H3,(H,16,21)(H,17,18,19). The van der Waals surface area contributed by atoms with E-state index in [-0.39, 0.29) is 11.6 Å². The van der Waals surface area contributed by atoms with E-state index in [0.717, 1.165) is 31.5 Å². The number of aromatic nitrogens is 4. The van der Waals surface area contributed by atoms with Gasteiger partial charge in [0.2, 0.25) is 11.5 Å². The summed E-state index contributed by atoms with van der Waals surface area (Å²) in [5.41, 5.74) is 6.65. The van der Waals surface area contributed by atoms with Crippen molar-refractivity contribution in [2.75, 3.05) is 18.0 Å². The van der Waals surface area contributed by atoms with Gasteiger partial charge < -0.3 is 15.6 Å². The Labute approximate surface area is 122 Å². The Morgan fingerprint density at radius 1 is 1.38 bits per heavy atom. The summed E-state index contributed by atoms with van der Waals surface area (Å²) in [4.78, 5) is 20.4. The number of anilines is 1. The zero-order valence-corrected chi connectivity index (χ0v) is 12.0. The highest BCUT2D eigenvalue weighted by molar-refractivity contribution is 5.54. The van der Waals surface area contributed by atoms with Gasteiger partial charge in [0.1, 0.15) is 0 Å². The van der Waals surface area contributed by atoms with Crippen molar-refractivity contribution in [3.05, 3.63) is 28.7 Å². The summed E-state index contributed by atoms with van der Waals surface area (Å²) in [6.45, 7) is 3.92. The van der Waals surface area contributed by atoms with Crippen molar-refractivity contribution in [2.45, 2.75) is 25.8 Å². The molecule has 7 nitrogen and oxygen atoms in total. The van der Waals surface area contributed by atoms with Gasteiger partial charge in [-0.2, -0.15) is 4.98 Å². The first-order chi connectivity index (χ1) is 10.1. The number of nitrogens with two attached hydrogens (primary N) is 1. The molecule has 0 radical (unpaired) electrons. The largest absolute Gasteiger partial charge is 0.340 e. The van der Waals surface area contributed by atoms with Crippen molar-refractivity contribution in [3.8, 4) is 11.4 Å². The number of nitrogens with one attached hydrogen (secondary N) is 2. The summed E-state index contributed by atoms with van der Waals surface area (Å²) >= 11 is 0. The van der Waals surface area contributed by atoms with Crippen LogP contribution in [0.3, 0.4) is 0 Å². The molecule has 7 heteroatoms. The van der Waals surface area contributed by atoms with Crippen molar-refractivity contribution < 1.29 is 0 Å². The van der Waals surface area contributed by atoms with Crippen LogP contribution in [0.5, 0.6) is 0 Å². The first-order valence-electron chi connectivity index (χ1n) is 7.25. The maximum Gasteiger partial charge on any atom is 0.247 e.